The van der Waals surface area contributed by atoms with Crippen LogP contribution in [0.3, 0.4) is 0 Å². The molecule has 108 valence electrons. The molecule has 0 bridgehead atoms. The van der Waals surface area contributed by atoms with Crippen LogP contribution in [0.2, 0.25) is 0 Å². The topological polar surface area (TPSA) is 38.9 Å². The number of aryl methyl sites for hydroxylation is 2. The van der Waals surface area contributed by atoms with Crippen LogP contribution in [0.15, 0.2) is 24.3 Å². The molecule has 5 heteroatoms. The van der Waals surface area contributed by atoms with Crippen LogP contribution in [0.5, 0.6) is 0 Å². The van der Waals surface area contributed by atoms with Crippen LogP contribution >= 0.6 is 0 Å². The first-order chi connectivity index (χ1) is 9.41. The molecule has 2 nitrogen and oxygen atoms in total. The molecule has 0 atom stereocenters. The Labute approximate surface area is 115 Å². The highest BCUT2D eigenvalue weighted by Gasteiger charge is 2.30. The normalized spacial score (nSPS) is 12.1. The lowest BCUT2D eigenvalue weighted by Crippen LogP contribution is -2.05. The van der Waals surface area contributed by atoms with Crippen LogP contribution in [0.4, 0.5) is 13.2 Å². The fraction of sp³-hybridized carbons (Fsp3) is 0.400. The number of nitrogens with zero attached hydrogens (tertiary/aromatic N) is 1. The first kappa shape index (κ1) is 14.8. The number of alkyl halides is 3. The number of hydrogen-bond acceptors (Lipinski definition) is 2. The smallest absolute Gasteiger partial charge is 0.330 e. The third-order valence-corrected chi connectivity index (χ3v) is 3.25. The molecule has 1 aromatic heterocycles. The summed E-state index contributed by atoms with van der Waals surface area (Å²) in [5.41, 5.74) is 6.99. The number of fused-ring (bicyclic) bond motifs is 1. The van der Waals surface area contributed by atoms with Crippen LogP contribution in [0, 0.1) is 6.92 Å². The molecule has 0 fully saturated rings. The van der Waals surface area contributed by atoms with E-state index in [2.05, 4.69) is 4.98 Å². The molecule has 0 radical (unpaired) electrons. The molecule has 0 spiro atoms. The van der Waals surface area contributed by atoms with E-state index in [1.807, 2.05) is 6.07 Å². The Bertz CT molecular complexity index is 606. The molecule has 20 heavy (non-hydrogen) atoms. The maximum absolute atomic E-state index is 12.7. The van der Waals surface area contributed by atoms with Gasteiger partial charge >= 0.3 is 6.18 Å². The van der Waals surface area contributed by atoms with E-state index in [9.17, 15) is 13.2 Å². The third kappa shape index (κ3) is 3.28. The second-order valence-electron chi connectivity index (χ2n) is 4.90. The van der Waals surface area contributed by atoms with Crippen molar-refractivity contribution >= 4 is 10.9 Å². The number of hydrogen-bond donors (Lipinski definition) is 1. The van der Waals surface area contributed by atoms with Crippen molar-refractivity contribution in [2.24, 2.45) is 5.73 Å². The second kappa shape index (κ2) is 5.79. The van der Waals surface area contributed by atoms with Gasteiger partial charge in [-0.05, 0) is 56.5 Å². The number of benzene rings is 1. The van der Waals surface area contributed by atoms with Crippen molar-refractivity contribution in [3.63, 3.8) is 0 Å². The average molecular weight is 282 g/mol. The minimum absolute atomic E-state index is 0.405. The van der Waals surface area contributed by atoms with Gasteiger partial charge in [0.25, 0.3) is 0 Å². The average Bonchev–Trinajstić information content (AvgIpc) is 2.37. The molecule has 0 saturated carbocycles. The molecule has 0 amide bonds. The minimum atomic E-state index is -4.33. The molecular weight excluding hydrogens is 265 g/mol. The summed E-state index contributed by atoms with van der Waals surface area (Å²) >= 11 is 0. The Morgan fingerprint density at radius 3 is 2.55 bits per heavy atom. The highest BCUT2D eigenvalue weighted by molar-refractivity contribution is 5.83. The van der Waals surface area contributed by atoms with Gasteiger partial charge < -0.3 is 5.73 Å². The van der Waals surface area contributed by atoms with Crippen LogP contribution in [-0.2, 0) is 12.6 Å². The predicted octanol–water partition coefficient (Wildman–Crippen LogP) is 3.84. The first-order valence-electron chi connectivity index (χ1n) is 6.59. The van der Waals surface area contributed by atoms with E-state index in [1.165, 1.54) is 6.07 Å². The number of pyridine rings is 1. The maximum Gasteiger partial charge on any atom is 0.416 e. The molecule has 0 unspecified atom stereocenters. The zero-order chi connectivity index (χ0) is 14.8. The number of nitrogens with two attached hydrogens (primary N) is 1. The van der Waals surface area contributed by atoms with Crippen LogP contribution < -0.4 is 5.73 Å². The molecule has 1 aromatic carbocycles. The standard InChI is InChI=1S/C15H17F3N2/c1-10-8-11(4-2-3-7-19)13-6-5-12(15(16,17)18)9-14(13)20-10/h5-6,8-9H,2-4,7,19H2,1H3. The summed E-state index contributed by atoms with van der Waals surface area (Å²) in [6.45, 7) is 2.42. The van der Waals surface area contributed by atoms with Gasteiger partial charge in [-0.25, -0.2) is 0 Å². The first-order valence-corrected chi connectivity index (χ1v) is 6.59. The van der Waals surface area contributed by atoms with E-state index >= 15 is 0 Å². The van der Waals surface area contributed by atoms with Crippen LogP contribution in [-0.4, -0.2) is 11.5 Å². The molecule has 0 aliphatic carbocycles. The maximum atomic E-state index is 12.7. The summed E-state index contributed by atoms with van der Waals surface area (Å²) in [6, 6.07) is 5.69. The highest BCUT2D eigenvalue weighted by Crippen LogP contribution is 2.32. The van der Waals surface area contributed by atoms with E-state index in [0.717, 1.165) is 48.0 Å². The van der Waals surface area contributed by atoms with Crippen molar-refractivity contribution in [3.05, 3.63) is 41.1 Å². The molecule has 0 saturated heterocycles. The zero-order valence-electron chi connectivity index (χ0n) is 11.3. The van der Waals surface area contributed by atoms with Gasteiger partial charge in [-0.3, -0.25) is 4.98 Å². The third-order valence-electron chi connectivity index (χ3n) is 3.25. The van der Waals surface area contributed by atoms with Gasteiger partial charge in [-0.1, -0.05) is 6.07 Å². The van der Waals surface area contributed by atoms with Crippen molar-refractivity contribution in [2.45, 2.75) is 32.4 Å². The molecule has 2 rings (SSSR count). The van der Waals surface area contributed by atoms with Gasteiger partial charge in [0.05, 0.1) is 11.1 Å². The number of halogens is 3. The quantitative estimate of drug-likeness (QED) is 0.865. The van der Waals surface area contributed by atoms with Gasteiger partial charge in [-0.2, -0.15) is 13.2 Å². The van der Waals surface area contributed by atoms with Crippen molar-refractivity contribution in [3.8, 4) is 0 Å². The largest absolute Gasteiger partial charge is 0.416 e. The van der Waals surface area contributed by atoms with Gasteiger partial charge in [0, 0.05) is 11.1 Å². The van der Waals surface area contributed by atoms with Crippen molar-refractivity contribution < 1.29 is 13.2 Å². The Hall–Kier alpha value is -1.62. The van der Waals surface area contributed by atoms with E-state index in [-0.39, 0.29) is 0 Å². The Morgan fingerprint density at radius 2 is 1.90 bits per heavy atom. The summed E-state index contributed by atoms with van der Waals surface area (Å²) in [5, 5.41) is 0.792. The predicted molar refractivity (Wildman–Crippen MR) is 73.5 cm³/mol. The van der Waals surface area contributed by atoms with E-state index in [4.69, 9.17) is 5.73 Å². The summed E-state index contributed by atoms with van der Waals surface area (Å²) in [5.74, 6) is 0. The molecule has 1 heterocycles. The zero-order valence-corrected chi connectivity index (χ0v) is 11.3. The SMILES string of the molecule is Cc1cc(CCCCN)c2ccc(C(F)(F)F)cc2n1. The molecule has 0 aliphatic rings. The van der Waals surface area contributed by atoms with Crippen molar-refractivity contribution in [1.82, 2.24) is 4.98 Å². The fourth-order valence-electron chi connectivity index (χ4n) is 2.29. The number of unbranched alkanes of at least 4 members (excludes halogenated alkanes) is 1. The monoisotopic (exact) mass is 282 g/mol. The van der Waals surface area contributed by atoms with Crippen LogP contribution in [0.25, 0.3) is 10.9 Å². The van der Waals surface area contributed by atoms with Gasteiger partial charge in [0.15, 0.2) is 0 Å². The van der Waals surface area contributed by atoms with E-state index in [0.29, 0.717) is 12.1 Å². The minimum Gasteiger partial charge on any atom is -0.330 e. The van der Waals surface area contributed by atoms with E-state index in [1.54, 1.807) is 6.92 Å². The lowest BCUT2D eigenvalue weighted by molar-refractivity contribution is -0.137. The van der Waals surface area contributed by atoms with Gasteiger partial charge in [0.1, 0.15) is 0 Å². The lowest BCUT2D eigenvalue weighted by Gasteiger charge is -2.11. The summed E-state index contributed by atoms with van der Waals surface area (Å²) in [4.78, 5) is 4.21. The molecule has 0 aliphatic heterocycles. The van der Waals surface area contributed by atoms with Crippen molar-refractivity contribution in [1.29, 1.82) is 0 Å². The molecule has 2 N–H and O–H groups in total. The summed E-state index contributed by atoms with van der Waals surface area (Å²) in [7, 11) is 0. The highest BCUT2D eigenvalue weighted by atomic mass is 19.4. The Morgan fingerprint density at radius 1 is 1.15 bits per heavy atom. The fourth-order valence-corrected chi connectivity index (χ4v) is 2.29. The lowest BCUT2D eigenvalue weighted by atomic mass is 10.0. The second-order valence-corrected chi connectivity index (χ2v) is 4.90. The van der Waals surface area contributed by atoms with Crippen LogP contribution in [0.1, 0.15) is 29.7 Å². The Balaban J connectivity index is 2.44. The Kier molecular flexibility index (Phi) is 4.28. The van der Waals surface area contributed by atoms with Crippen molar-refractivity contribution in [2.75, 3.05) is 6.54 Å². The van der Waals surface area contributed by atoms with Gasteiger partial charge in [-0.15, -0.1) is 0 Å². The summed E-state index contributed by atoms with van der Waals surface area (Å²) < 4.78 is 38.2. The van der Waals surface area contributed by atoms with E-state index < -0.39 is 11.7 Å². The summed E-state index contributed by atoms with van der Waals surface area (Å²) in [6.07, 6.45) is -1.69. The van der Waals surface area contributed by atoms with Gasteiger partial charge in [0.2, 0.25) is 0 Å². The number of rotatable bonds is 4. The molecular formula is C15H17F3N2. The molecule has 2 aromatic rings. The number of aromatic nitrogens is 1.